The average Bonchev–Trinajstić information content (AvgIpc) is 2.15. The van der Waals surface area contributed by atoms with Gasteiger partial charge in [-0.05, 0) is 33.4 Å². The van der Waals surface area contributed by atoms with E-state index in [-0.39, 0.29) is 0 Å². The fourth-order valence-corrected chi connectivity index (χ4v) is 1.79. The molecule has 1 aromatic carbocycles. The molecule has 0 saturated heterocycles. The first-order valence-corrected chi connectivity index (χ1v) is 4.84. The molecule has 0 aliphatic heterocycles. The lowest BCUT2D eigenvalue weighted by Crippen LogP contribution is -1.88. The van der Waals surface area contributed by atoms with Gasteiger partial charge in [-0.15, -0.1) is 0 Å². The molecule has 0 atom stereocenters. The maximum Gasteiger partial charge on any atom is 0.0662 e. The van der Waals surface area contributed by atoms with Gasteiger partial charge in [0, 0.05) is 23.5 Å². The highest BCUT2D eigenvalue weighted by molar-refractivity contribution is 9.10. The molecule has 0 saturated carbocycles. The normalized spacial score (nSPS) is 10.6. The van der Waals surface area contributed by atoms with Crippen LogP contribution in [-0.4, -0.2) is 4.98 Å². The van der Waals surface area contributed by atoms with Gasteiger partial charge in [0.05, 0.1) is 9.50 Å². The summed E-state index contributed by atoms with van der Waals surface area (Å²) in [6.45, 7) is 0. The number of hydrogen-bond acceptors (Lipinski definition) is 2. The van der Waals surface area contributed by atoms with Crippen LogP contribution in [-0.2, 0) is 0 Å². The van der Waals surface area contributed by atoms with Crippen molar-refractivity contribution in [3.8, 4) is 0 Å². The summed E-state index contributed by atoms with van der Waals surface area (Å²) in [6.07, 6.45) is 3.44. The van der Waals surface area contributed by atoms with Gasteiger partial charge in [0.2, 0.25) is 0 Å². The van der Waals surface area contributed by atoms with Crippen LogP contribution in [0.2, 0.25) is 5.02 Å². The van der Waals surface area contributed by atoms with Gasteiger partial charge in [0.1, 0.15) is 0 Å². The van der Waals surface area contributed by atoms with Crippen molar-refractivity contribution in [3.63, 3.8) is 0 Å². The van der Waals surface area contributed by atoms with Crippen LogP contribution in [0.1, 0.15) is 0 Å². The number of nitrogens with zero attached hydrogens (tertiary/aromatic N) is 1. The summed E-state index contributed by atoms with van der Waals surface area (Å²) >= 11 is 9.38. The molecule has 0 amide bonds. The number of nitrogen functional groups attached to an aromatic ring is 1. The van der Waals surface area contributed by atoms with E-state index in [0.29, 0.717) is 10.7 Å². The number of pyridine rings is 1. The average molecular weight is 258 g/mol. The van der Waals surface area contributed by atoms with Crippen molar-refractivity contribution >= 4 is 44.0 Å². The number of fused-ring (bicyclic) bond motifs is 1. The third-order valence-electron chi connectivity index (χ3n) is 1.85. The molecule has 2 rings (SSSR count). The Kier molecular flexibility index (Phi) is 2.14. The molecular weight excluding hydrogens is 251 g/mol. The Hall–Kier alpha value is -0.800. The molecule has 1 aromatic heterocycles. The first-order valence-electron chi connectivity index (χ1n) is 3.67. The molecule has 0 radical (unpaired) electrons. The number of halogens is 2. The van der Waals surface area contributed by atoms with Crippen LogP contribution >= 0.6 is 27.5 Å². The number of benzene rings is 1. The molecule has 0 aliphatic rings. The molecule has 0 aliphatic carbocycles. The topological polar surface area (TPSA) is 38.9 Å². The highest BCUT2D eigenvalue weighted by Crippen LogP contribution is 2.35. The lowest BCUT2D eigenvalue weighted by Gasteiger charge is -2.04. The van der Waals surface area contributed by atoms with Gasteiger partial charge in [-0.2, -0.15) is 0 Å². The predicted molar refractivity (Wildman–Crippen MR) is 58.9 cm³/mol. The summed E-state index contributed by atoms with van der Waals surface area (Å²) in [6, 6.07) is 3.75. The molecule has 66 valence electrons. The quantitative estimate of drug-likeness (QED) is 0.736. The van der Waals surface area contributed by atoms with Crippen LogP contribution in [0.15, 0.2) is 29.0 Å². The molecule has 13 heavy (non-hydrogen) atoms. The van der Waals surface area contributed by atoms with Gasteiger partial charge in [0.25, 0.3) is 0 Å². The van der Waals surface area contributed by atoms with Gasteiger partial charge in [-0.1, -0.05) is 11.6 Å². The van der Waals surface area contributed by atoms with E-state index < -0.39 is 0 Å². The number of rotatable bonds is 0. The first kappa shape index (κ1) is 8.78. The second kappa shape index (κ2) is 3.16. The Labute approximate surface area is 88.8 Å². The maximum absolute atomic E-state index is 6.06. The first-order chi connectivity index (χ1) is 6.20. The Bertz CT molecular complexity index is 470. The number of anilines is 1. The summed E-state index contributed by atoms with van der Waals surface area (Å²) in [5.41, 5.74) is 6.38. The summed E-state index contributed by atoms with van der Waals surface area (Å²) < 4.78 is 0.731. The molecule has 1 heterocycles. The van der Waals surface area contributed by atoms with Crippen molar-refractivity contribution in [2.75, 3.05) is 5.73 Å². The SMILES string of the molecule is Nc1cc2ccncc2c(Cl)c1Br. The van der Waals surface area contributed by atoms with Gasteiger partial charge in [-0.3, -0.25) is 4.98 Å². The van der Waals surface area contributed by atoms with Crippen LogP contribution in [0, 0.1) is 0 Å². The van der Waals surface area contributed by atoms with Crippen LogP contribution in [0.5, 0.6) is 0 Å². The monoisotopic (exact) mass is 256 g/mol. The molecule has 4 heteroatoms. The van der Waals surface area contributed by atoms with Gasteiger partial charge in [-0.25, -0.2) is 0 Å². The Morgan fingerprint density at radius 1 is 1.46 bits per heavy atom. The van der Waals surface area contributed by atoms with Crippen molar-refractivity contribution < 1.29 is 0 Å². The Balaban J connectivity index is 2.94. The standard InChI is InChI=1S/C9H6BrClN2/c10-8-7(12)3-5-1-2-13-4-6(5)9(8)11/h1-4H,12H2. The van der Waals surface area contributed by atoms with E-state index >= 15 is 0 Å². The highest BCUT2D eigenvalue weighted by Gasteiger charge is 2.06. The van der Waals surface area contributed by atoms with E-state index in [1.54, 1.807) is 12.4 Å². The van der Waals surface area contributed by atoms with E-state index in [2.05, 4.69) is 20.9 Å². The zero-order chi connectivity index (χ0) is 9.42. The Morgan fingerprint density at radius 3 is 3.00 bits per heavy atom. The number of nitrogens with two attached hydrogens (primary N) is 1. The summed E-state index contributed by atoms with van der Waals surface area (Å²) in [7, 11) is 0. The second-order valence-electron chi connectivity index (χ2n) is 2.69. The van der Waals surface area contributed by atoms with Gasteiger partial charge >= 0.3 is 0 Å². The predicted octanol–water partition coefficient (Wildman–Crippen LogP) is 3.23. The summed E-state index contributed by atoms with van der Waals surface area (Å²) in [5.74, 6) is 0. The molecule has 2 nitrogen and oxygen atoms in total. The van der Waals surface area contributed by atoms with Crippen LogP contribution < -0.4 is 5.73 Å². The zero-order valence-corrected chi connectivity index (χ0v) is 8.93. The van der Waals surface area contributed by atoms with E-state index in [4.69, 9.17) is 17.3 Å². The van der Waals surface area contributed by atoms with E-state index in [1.165, 1.54) is 0 Å². The summed E-state index contributed by atoms with van der Waals surface area (Å²) in [4.78, 5) is 4.00. The molecule has 2 aromatic rings. The second-order valence-corrected chi connectivity index (χ2v) is 3.86. The molecule has 0 bridgehead atoms. The minimum atomic E-state index is 0.614. The third kappa shape index (κ3) is 1.38. The van der Waals surface area contributed by atoms with Crippen molar-refractivity contribution in [2.45, 2.75) is 0 Å². The highest BCUT2D eigenvalue weighted by atomic mass is 79.9. The number of aromatic nitrogens is 1. The van der Waals surface area contributed by atoms with Crippen LogP contribution in [0.25, 0.3) is 10.8 Å². The van der Waals surface area contributed by atoms with Gasteiger partial charge in [0.15, 0.2) is 0 Å². The lowest BCUT2D eigenvalue weighted by atomic mass is 10.1. The molecule has 0 spiro atoms. The maximum atomic E-state index is 6.06. The minimum absolute atomic E-state index is 0.614. The van der Waals surface area contributed by atoms with E-state index in [9.17, 15) is 0 Å². The smallest absolute Gasteiger partial charge is 0.0662 e. The van der Waals surface area contributed by atoms with Crippen LogP contribution in [0.4, 0.5) is 5.69 Å². The molecular formula is C9H6BrClN2. The zero-order valence-electron chi connectivity index (χ0n) is 6.59. The van der Waals surface area contributed by atoms with E-state index in [1.807, 2.05) is 12.1 Å². The molecule has 2 N–H and O–H groups in total. The molecule has 0 fully saturated rings. The van der Waals surface area contributed by atoms with Crippen molar-refractivity contribution in [1.29, 1.82) is 0 Å². The lowest BCUT2D eigenvalue weighted by molar-refractivity contribution is 1.36. The van der Waals surface area contributed by atoms with Gasteiger partial charge < -0.3 is 5.73 Å². The van der Waals surface area contributed by atoms with E-state index in [0.717, 1.165) is 15.2 Å². The van der Waals surface area contributed by atoms with Crippen molar-refractivity contribution in [3.05, 3.63) is 34.0 Å². The largest absolute Gasteiger partial charge is 0.398 e. The minimum Gasteiger partial charge on any atom is -0.398 e. The van der Waals surface area contributed by atoms with Crippen LogP contribution in [0.3, 0.4) is 0 Å². The van der Waals surface area contributed by atoms with Crippen molar-refractivity contribution in [1.82, 2.24) is 4.98 Å². The number of hydrogen-bond donors (Lipinski definition) is 1. The van der Waals surface area contributed by atoms with Crippen molar-refractivity contribution in [2.24, 2.45) is 0 Å². The fraction of sp³-hybridized carbons (Fsp3) is 0. The summed E-state index contributed by atoms with van der Waals surface area (Å²) in [5, 5.41) is 2.52. The Morgan fingerprint density at radius 2 is 2.23 bits per heavy atom. The molecule has 0 unspecified atom stereocenters. The fourth-order valence-electron chi connectivity index (χ4n) is 1.19. The third-order valence-corrected chi connectivity index (χ3v) is 3.32.